The molecule has 0 aliphatic carbocycles. The Labute approximate surface area is 100 Å². The minimum atomic E-state index is -0.396. The molecule has 1 aliphatic heterocycles. The first-order valence-electron chi connectivity index (χ1n) is 5.66. The molecule has 1 aromatic carbocycles. The zero-order valence-corrected chi connectivity index (χ0v) is 10.1. The Kier molecular flexibility index (Phi) is 2.88. The largest absolute Gasteiger partial charge is 0.369 e. The Hall–Kier alpha value is -1.84. The van der Waals surface area contributed by atoms with Crippen molar-refractivity contribution in [3.63, 3.8) is 0 Å². The maximum Gasteiger partial charge on any atom is 0.227 e. The summed E-state index contributed by atoms with van der Waals surface area (Å²) in [5, 5.41) is 0. The number of carbonyl (C=O) groups excluding carboxylic acids is 2. The SMILES string of the molecule is Cc1cccc(C)c1N1CC(C(N)=O)CC1=O. The molecular weight excluding hydrogens is 216 g/mol. The normalized spacial score (nSPS) is 19.8. The summed E-state index contributed by atoms with van der Waals surface area (Å²) in [6.45, 7) is 4.33. The van der Waals surface area contributed by atoms with Crippen LogP contribution >= 0.6 is 0 Å². The average Bonchev–Trinajstić information content (AvgIpc) is 2.61. The first-order chi connectivity index (χ1) is 8.00. The van der Waals surface area contributed by atoms with E-state index in [0.717, 1.165) is 16.8 Å². The van der Waals surface area contributed by atoms with E-state index in [9.17, 15) is 9.59 Å². The summed E-state index contributed by atoms with van der Waals surface area (Å²) in [5.41, 5.74) is 8.27. The summed E-state index contributed by atoms with van der Waals surface area (Å²) in [6.07, 6.45) is 0.225. The van der Waals surface area contributed by atoms with Crippen LogP contribution in [0, 0.1) is 19.8 Å². The summed E-state index contributed by atoms with van der Waals surface area (Å²) in [4.78, 5) is 24.7. The summed E-state index contributed by atoms with van der Waals surface area (Å²) in [6, 6.07) is 5.89. The maximum atomic E-state index is 11.9. The molecule has 2 rings (SSSR count). The first-order valence-corrected chi connectivity index (χ1v) is 5.66. The van der Waals surface area contributed by atoms with E-state index in [-0.39, 0.29) is 18.2 Å². The number of anilines is 1. The van der Waals surface area contributed by atoms with Crippen LogP contribution in [0.5, 0.6) is 0 Å². The van der Waals surface area contributed by atoms with Crippen LogP contribution in [0.1, 0.15) is 17.5 Å². The van der Waals surface area contributed by atoms with Crippen molar-refractivity contribution in [2.45, 2.75) is 20.3 Å². The van der Waals surface area contributed by atoms with Crippen LogP contribution < -0.4 is 10.6 Å². The number of benzene rings is 1. The number of hydrogen-bond donors (Lipinski definition) is 1. The van der Waals surface area contributed by atoms with Gasteiger partial charge in [-0.25, -0.2) is 0 Å². The minimum absolute atomic E-state index is 0.0220. The average molecular weight is 232 g/mol. The Morgan fingerprint density at radius 3 is 2.41 bits per heavy atom. The lowest BCUT2D eigenvalue weighted by Gasteiger charge is -2.21. The molecule has 0 bridgehead atoms. The first kappa shape index (κ1) is 11.6. The second-order valence-corrected chi connectivity index (χ2v) is 4.55. The molecule has 90 valence electrons. The third-order valence-electron chi connectivity index (χ3n) is 3.24. The third-order valence-corrected chi connectivity index (χ3v) is 3.24. The van der Waals surface area contributed by atoms with Gasteiger partial charge in [-0.3, -0.25) is 9.59 Å². The monoisotopic (exact) mass is 232 g/mol. The lowest BCUT2D eigenvalue weighted by molar-refractivity contribution is -0.123. The second-order valence-electron chi connectivity index (χ2n) is 4.55. The van der Waals surface area contributed by atoms with E-state index < -0.39 is 5.91 Å². The van der Waals surface area contributed by atoms with E-state index in [1.165, 1.54) is 0 Å². The minimum Gasteiger partial charge on any atom is -0.369 e. The highest BCUT2D eigenvalue weighted by Gasteiger charge is 2.34. The van der Waals surface area contributed by atoms with Crippen molar-refractivity contribution in [3.05, 3.63) is 29.3 Å². The molecule has 2 amide bonds. The molecule has 1 saturated heterocycles. The molecule has 0 radical (unpaired) electrons. The van der Waals surface area contributed by atoms with E-state index in [0.29, 0.717) is 6.54 Å². The van der Waals surface area contributed by atoms with Gasteiger partial charge in [0.15, 0.2) is 0 Å². The van der Waals surface area contributed by atoms with Gasteiger partial charge < -0.3 is 10.6 Å². The molecule has 17 heavy (non-hydrogen) atoms. The fourth-order valence-corrected chi connectivity index (χ4v) is 2.35. The van der Waals surface area contributed by atoms with Gasteiger partial charge >= 0.3 is 0 Å². The third kappa shape index (κ3) is 2.02. The van der Waals surface area contributed by atoms with Crippen LogP contribution in [0.25, 0.3) is 0 Å². The number of nitrogens with zero attached hydrogens (tertiary/aromatic N) is 1. The highest BCUT2D eigenvalue weighted by Crippen LogP contribution is 2.30. The van der Waals surface area contributed by atoms with Crippen molar-refractivity contribution in [2.24, 2.45) is 11.7 Å². The Bertz CT molecular complexity index is 462. The predicted octanol–water partition coefficient (Wildman–Crippen LogP) is 1.14. The van der Waals surface area contributed by atoms with E-state index in [1.807, 2.05) is 32.0 Å². The van der Waals surface area contributed by atoms with Gasteiger partial charge in [0.1, 0.15) is 0 Å². The van der Waals surface area contributed by atoms with E-state index in [1.54, 1.807) is 4.90 Å². The Morgan fingerprint density at radius 2 is 1.94 bits per heavy atom. The van der Waals surface area contributed by atoms with Crippen molar-refractivity contribution in [1.29, 1.82) is 0 Å². The van der Waals surface area contributed by atoms with Crippen molar-refractivity contribution in [1.82, 2.24) is 0 Å². The predicted molar refractivity (Wildman–Crippen MR) is 65.6 cm³/mol. The molecule has 1 atom stereocenters. The molecule has 4 heteroatoms. The summed E-state index contributed by atoms with van der Waals surface area (Å²) < 4.78 is 0. The lowest BCUT2D eigenvalue weighted by Crippen LogP contribution is -2.29. The van der Waals surface area contributed by atoms with Gasteiger partial charge in [-0.15, -0.1) is 0 Å². The van der Waals surface area contributed by atoms with E-state index >= 15 is 0 Å². The summed E-state index contributed by atoms with van der Waals surface area (Å²) in [5.74, 6) is -0.778. The van der Waals surface area contributed by atoms with Crippen LogP contribution in [-0.4, -0.2) is 18.4 Å². The van der Waals surface area contributed by atoms with Crippen LogP contribution in [-0.2, 0) is 9.59 Å². The summed E-state index contributed by atoms with van der Waals surface area (Å²) >= 11 is 0. The topological polar surface area (TPSA) is 63.4 Å². The molecule has 0 aromatic heterocycles. The molecule has 0 saturated carbocycles. The molecule has 1 aliphatic rings. The highest BCUT2D eigenvalue weighted by atomic mass is 16.2. The van der Waals surface area contributed by atoms with Crippen molar-refractivity contribution in [3.8, 4) is 0 Å². The van der Waals surface area contributed by atoms with Gasteiger partial charge in [-0.2, -0.15) is 0 Å². The lowest BCUT2D eigenvalue weighted by atomic mass is 10.1. The van der Waals surface area contributed by atoms with Gasteiger partial charge in [0.2, 0.25) is 11.8 Å². The fraction of sp³-hybridized carbons (Fsp3) is 0.385. The smallest absolute Gasteiger partial charge is 0.227 e. The fourth-order valence-electron chi connectivity index (χ4n) is 2.35. The molecule has 4 nitrogen and oxygen atoms in total. The zero-order chi connectivity index (χ0) is 12.6. The number of aryl methyl sites for hydroxylation is 2. The number of para-hydroxylation sites is 1. The van der Waals surface area contributed by atoms with Crippen molar-refractivity contribution >= 4 is 17.5 Å². The van der Waals surface area contributed by atoms with Gasteiger partial charge in [-0.05, 0) is 25.0 Å². The molecule has 1 fully saturated rings. The maximum absolute atomic E-state index is 11.9. The number of primary amides is 1. The van der Waals surface area contributed by atoms with Crippen molar-refractivity contribution < 1.29 is 9.59 Å². The van der Waals surface area contributed by atoms with Gasteiger partial charge in [-0.1, -0.05) is 18.2 Å². The molecule has 1 heterocycles. The summed E-state index contributed by atoms with van der Waals surface area (Å²) in [7, 11) is 0. The van der Waals surface area contributed by atoms with Gasteiger partial charge in [0.25, 0.3) is 0 Å². The highest BCUT2D eigenvalue weighted by molar-refractivity contribution is 6.01. The van der Waals surface area contributed by atoms with Gasteiger partial charge in [0, 0.05) is 18.7 Å². The quantitative estimate of drug-likeness (QED) is 0.831. The second kappa shape index (κ2) is 4.20. The number of nitrogens with two attached hydrogens (primary N) is 1. The van der Waals surface area contributed by atoms with Crippen LogP contribution in [0.15, 0.2) is 18.2 Å². The van der Waals surface area contributed by atoms with E-state index in [2.05, 4.69) is 0 Å². The molecule has 2 N–H and O–H groups in total. The molecule has 1 aromatic rings. The Morgan fingerprint density at radius 1 is 1.35 bits per heavy atom. The number of carbonyl (C=O) groups is 2. The van der Waals surface area contributed by atoms with Gasteiger partial charge in [0.05, 0.1) is 5.92 Å². The van der Waals surface area contributed by atoms with E-state index in [4.69, 9.17) is 5.73 Å². The van der Waals surface area contributed by atoms with Crippen molar-refractivity contribution in [2.75, 3.05) is 11.4 Å². The molecule has 1 unspecified atom stereocenters. The molecular formula is C13H16N2O2. The van der Waals surface area contributed by atoms with Crippen LogP contribution in [0.2, 0.25) is 0 Å². The Balaban J connectivity index is 2.35. The zero-order valence-electron chi connectivity index (χ0n) is 10.1. The standard InChI is InChI=1S/C13H16N2O2/c1-8-4-3-5-9(2)12(8)15-7-10(13(14)17)6-11(15)16/h3-5,10H,6-7H2,1-2H3,(H2,14,17). The molecule has 0 spiro atoms. The number of amides is 2. The van der Waals surface area contributed by atoms with Crippen LogP contribution in [0.3, 0.4) is 0 Å². The van der Waals surface area contributed by atoms with Crippen LogP contribution in [0.4, 0.5) is 5.69 Å². The number of hydrogen-bond acceptors (Lipinski definition) is 2. The number of rotatable bonds is 2.